The summed E-state index contributed by atoms with van der Waals surface area (Å²) in [5.74, 6) is 0.972. The van der Waals surface area contributed by atoms with Gasteiger partial charge in [-0.25, -0.2) is 0 Å². The van der Waals surface area contributed by atoms with Crippen LogP contribution in [0.2, 0.25) is 0 Å². The molecule has 20 heavy (non-hydrogen) atoms. The van der Waals surface area contributed by atoms with Gasteiger partial charge in [-0.15, -0.1) is 0 Å². The van der Waals surface area contributed by atoms with Gasteiger partial charge in [0.05, 0.1) is 12.8 Å². The van der Waals surface area contributed by atoms with Crippen molar-refractivity contribution in [1.82, 2.24) is 0 Å². The van der Waals surface area contributed by atoms with Gasteiger partial charge < -0.3 is 14.4 Å². The Hall–Kier alpha value is -2.04. The molecule has 0 radical (unpaired) electrons. The SMILES string of the molecule is CCN1C(=O)C(C(C)C)Oc2c(OC)cc(C=O)cc21. The number of aldehydes is 1. The van der Waals surface area contributed by atoms with Gasteiger partial charge in [-0.2, -0.15) is 0 Å². The summed E-state index contributed by atoms with van der Waals surface area (Å²) in [6, 6.07) is 3.27. The van der Waals surface area contributed by atoms with Gasteiger partial charge in [-0.1, -0.05) is 13.8 Å². The molecule has 1 heterocycles. The molecule has 0 N–H and O–H groups in total. The van der Waals surface area contributed by atoms with Crippen molar-refractivity contribution >= 4 is 17.9 Å². The zero-order valence-corrected chi connectivity index (χ0v) is 12.2. The van der Waals surface area contributed by atoms with E-state index in [0.29, 0.717) is 29.3 Å². The number of carbonyl (C=O) groups is 2. The van der Waals surface area contributed by atoms with Crippen molar-refractivity contribution < 1.29 is 19.1 Å². The molecule has 1 amide bonds. The topological polar surface area (TPSA) is 55.8 Å². The second-order valence-corrected chi connectivity index (χ2v) is 5.05. The summed E-state index contributed by atoms with van der Waals surface area (Å²) >= 11 is 0. The van der Waals surface area contributed by atoms with E-state index < -0.39 is 6.10 Å². The minimum atomic E-state index is -0.529. The van der Waals surface area contributed by atoms with Crippen LogP contribution in [0.25, 0.3) is 0 Å². The minimum absolute atomic E-state index is 0.0557. The summed E-state index contributed by atoms with van der Waals surface area (Å²) in [5.41, 5.74) is 1.05. The highest BCUT2D eigenvalue weighted by molar-refractivity contribution is 6.01. The maximum atomic E-state index is 12.4. The molecule has 0 saturated carbocycles. The molecule has 0 fully saturated rings. The molecule has 108 valence electrons. The summed E-state index contributed by atoms with van der Waals surface area (Å²) in [6.07, 6.45) is 0.203. The lowest BCUT2D eigenvalue weighted by molar-refractivity contribution is -0.128. The maximum absolute atomic E-state index is 12.4. The van der Waals surface area contributed by atoms with Crippen LogP contribution in [0, 0.1) is 5.92 Å². The van der Waals surface area contributed by atoms with E-state index >= 15 is 0 Å². The van der Waals surface area contributed by atoms with E-state index in [-0.39, 0.29) is 11.8 Å². The molecule has 5 heteroatoms. The van der Waals surface area contributed by atoms with Crippen LogP contribution in [-0.2, 0) is 4.79 Å². The molecular formula is C15H19NO4. The van der Waals surface area contributed by atoms with Crippen LogP contribution in [0.5, 0.6) is 11.5 Å². The first-order valence-electron chi connectivity index (χ1n) is 6.68. The molecule has 0 aliphatic carbocycles. The number of hydrogen-bond donors (Lipinski definition) is 0. The number of methoxy groups -OCH3 is 1. The van der Waals surface area contributed by atoms with Crippen LogP contribution in [0.3, 0.4) is 0 Å². The summed E-state index contributed by atoms with van der Waals surface area (Å²) in [5, 5.41) is 0. The number of carbonyl (C=O) groups excluding carboxylic acids is 2. The van der Waals surface area contributed by atoms with Crippen LogP contribution in [-0.4, -0.2) is 32.0 Å². The monoisotopic (exact) mass is 277 g/mol. The molecule has 2 rings (SSSR count). The molecular weight excluding hydrogens is 258 g/mol. The normalized spacial score (nSPS) is 17.8. The fraction of sp³-hybridized carbons (Fsp3) is 0.467. The Morgan fingerprint density at radius 3 is 2.65 bits per heavy atom. The van der Waals surface area contributed by atoms with Gasteiger partial charge in [-0.3, -0.25) is 9.59 Å². The lowest BCUT2D eigenvalue weighted by atomic mass is 10.0. The fourth-order valence-corrected chi connectivity index (χ4v) is 2.34. The highest BCUT2D eigenvalue weighted by Gasteiger charge is 2.37. The van der Waals surface area contributed by atoms with Crippen molar-refractivity contribution in [2.75, 3.05) is 18.6 Å². The second kappa shape index (κ2) is 5.53. The lowest BCUT2D eigenvalue weighted by Crippen LogP contribution is -2.48. The number of likely N-dealkylation sites (N-methyl/N-ethyl adjacent to an activating group) is 1. The number of hydrogen-bond acceptors (Lipinski definition) is 4. The highest BCUT2D eigenvalue weighted by Crippen LogP contribution is 2.43. The molecule has 5 nitrogen and oxygen atoms in total. The van der Waals surface area contributed by atoms with Crippen molar-refractivity contribution in [3.05, 3.63) is 17.7 Å². The van der Waals surface area contributed by atoms with E-state index in [9.17, 15) is 9.59 Å². The zero-order chi connectivity index (χ0) is 14.9. The molecule has 1 aromatic rings. The molecule has 1 aliphatic rings. The third kappa shape index (κ3) is 2.24. The third-order valence-electron chi connectivity index (χ3n) is 3.38. The van der Waals surface area contributed by atoms with Gasteiger partial charge in [0, 0.05) is 12.1 Å². The van der Waals surface area contributed by atoms with Crippen LogP contribution in [0.15, 0.2) is 12.1 Å². The minimum Gasteiger partial charge on any atom is -0.493 e. The largest absolute Gasteiger partial charge is 0.493 e. The van der Waals surface area contributed by atoms with Gasteiger partial charge in [0.25, 0.3) is 5.91 Å². The molecule has 1 aromatic carbocycles. The van der Waals surface area contributed by atoms with Crippen molar-refractivity contribution in [2.45, 2.75) is 26.9 Å². The first kappa shape index (κ1) is 14.4. The molecule has 0 saturated heterocycles. The average molecular weight is 277 g/mol. The Morgan fingerprint density at radius 1 is 1.45 bits per heavy atom. The Kier molecular flexibility index (Phi) is 3.97. The fourth-order valence-electron chi connectivity index (χ4n) is 2.34. The van der Waals surface area contributed by atoms with E-state index in [1.54, 1.807) is 17.0 Å². The summed E-state index contributed by atoms with van der Waals surface area (Å²) < 4.78 is 11.1. The van der Waals surface area contributed by atoms with Crippen LogP contribution in [0.1, 0.15) is 31.1 Å². The highest BCUT2D eigenvalue weighted by atomic mass is 16.5. The van der Waals surface area contributed by atoms with Crippen LogP contribution >= 0.6 is 0 Å². The summed E-state index contributed by atoms with van der Waals surface area (Å²) in [4.78, 5) is 25.1. The van der Waals surface area contributed by atoms with Gasteiger partial charge >= 0.3 is 0 Å². The molecule has 1 unspecified atom stereocenters. The number of benzene rings is 1. The first-order valence-corrected chi connectivity index (χ1v) is 6.68. The summed E-state index contributed by atoms with van der Waals surface area (Å²) in [7, 11) is 1.52. The smallest absolute Gasteiger partial charge is 0.268 e. The van der Waals surface area contributed by atoms with Crippen LogP contribution < -0.4 is 14.4 Å². The predicted octanol–water partition coefficient (Wildman–Crippen LogP) is 2.28. The Morgan fingerprint density at radius 2 is 2.15 bits per heavy atom. The van der Waals surface area contributed by atoms with Gasteiger partial charge in [-0.05, 0) is 25.0 Å². The van der Waals surface area contributed by atoms with E-state index in [4.69, 9.17) is 9.47 Å². The average Bonchev–Trinajstić information content (AvgIpc) is 2.44. The van der Waals surface area contributed by atoms with Gasteiger partial charge in [0.15, 0.2) is 17.6 Å². The van der Waals surface area contributed by atoms with Gasteiger partial charge in [0.2, 0.25) is 0 Å². The maximum Gasteiger partial charge on any atom is 0.268 e. The molecule has 0 spiro atoms. The van der Waals surface area contributed by atoms with Crippen molar-refractivity contribution in [3.63, 3.8) is 0 Å². The predicted molar refractivity (Wildman–Crippen MR) is 75.7 cm³/mol. The second-order valence-electron chi connectivity index (χ2n) is 5.05. The number of anilines is 1. The van der Waals surface area contributed by atoms with E-state index in [1.807, 2.05) is 20.8 Å². The van der Waals surface area contributed by atoms with E-state index in [1.165, 1.54) is 7.11 Å². The third-order valence-corrected chi connectivity index (χ3v) is 3.38. The number of fused-ring (bicyclic) bond motifs is 1. The van der Waals surface area contributed by atoms with Crippen LogP contribution in [0.4, 0.5) is 5.69 Å². The molecule has 1 atom stereocenters. The number of nitrogens with zero attached hydrogens (tertiary/aromatic N) is 1. The first-order chi connectivity index (χ1) is 9.53. The number of rotatable bonds is 4. The van der Waals surface area contributed by atoms with Crippen molar-refractivity contribution in [2.24, 2.45) is 5.92 Å². The lowest BCUT2D eigenvalue weighted by Gasteiger charge is -2.36. The Labute approximate surface area is 118 Å². The molecule has 0 bridgehead atoms. The van der Waals surface area contributed by atoms with E-state index in [0.717, 1.165) is 6.29 Å². The van der Waals surface area contributed by atoms with Gasteiger partial charge in [0.1, 0.15) is 6.29 Å². The Bertz CT molecular complexity index is 539. The molecule has 1 aliphatic heterocycles. The Balaban J connectivity index is 2.61. The van der Waals surface area contributed by atoms with E-state index in [2.05, 4.69) is 0 Å². The standard InChI is InChI=1S/C15H19NO4/c1-5-16-11-6-10(8-17)7-12(19-4)14(11)20-13(9(2)3)15(16)18/h6-9,13H,5H2,1-4H3. The van der Waals surface area contributed by atoms with Crippen molar-refractivity contribution in [1.29, 1.82) is 0 Å². The zero-order valence-electron chi connectivity index (χ0n) is 12.2. The summed E-state index contributed by atoms with van der Waals surface area (Å²) in [6.45, 7) is 6.29. The molecule has 0 aromatic heterocycles. The van der Waals surface area contributed by atoms with Crippen molar-refractivity contribution in [3.8, 4) is 11.5 Å². The quantitative estimate of drug-likeness (QED) is 0.792. The number of ether oxygens (including phenoxy) is 2. The number of amides is 1.